The van der Waals surface area contributed by atoms with Crippen LogP contribution < -0.4 is 0 Å². The molecule has 0 N–H and O–H groups in total. The SMILES string of the molecule is COC(=O)[C@@H](C)N=O. The van der Waals surface area contributed by atoms with Gasteiger partial charge in [0.25, 0.3) is 0 Å². The second kappa shape index (κ2) is 3.12. The van der Waals surface area contributed by atoms with E-state index in [9.17, 15) is 9.70 Å². The quantitative estimate of drug-likeness (QED) is 0.386. The monoisotopic (exact) mass is 117 g/mol. The summed E-state index contributed by atoms with van der Waals surface area (Å²) >= 11 is 0. The fraction of sp³-hybridized carbons (Fsp3) is 0.750. The summed E-state index contributed by atoms with van der Waals surface area (Å²) in [5.74, 6) is -0.597. The van der Waals surface area contributed by atoms with E-state index in [0.29, 0.717) is 0 Å². The predicted molar refractivity (Wildman–Crippen MR) is 27.3 cm³/mol. The Balaban J connectivity index is 3.62. The van der Waals surface area contributed by atoms with Crippen molar-refractivity contribution in [2.75, 3.05) is 7.11 Å². The molecular weight excluding hydrogens is 110 g/mol. The molecule has 0 saturated carbocycles. The maximum Gasteiger partial charge on any atom is 0.333 e. The van der Waals surface area contributed by atoms with E-state index in [2.05, 4.69) is 9.91 Å². The summed E-state index contributed by atoms with van der Waals surface area (Å²) < 4.78 is 4.17. The van der Waals surface area contributed by atoms with Gasteiger partial charge >= 0.3 is 5.97 Å². The van der Waals surface area contributed by atoms with Crippen LogP contribution in [0.1, 0.15) is 6.92 Å². The van der Waals surface area contributed by atoms with Crippen molar-refractivity contribution in [2.24, 2.45) is 5.18 Å². The van der Waals surface area contributed by atoms with Gasteiger partial charge in [0.2, 0.25) is 0 Å². The maximum absolute atomic E-state index is 10.2. The number of esters is 1. The summed E-state index contributed by atoms with van der Waals surface area (Å²) in [6.45, 7) is 1.37. The van der Waals surface area contributed by atoms with Gasteiger partial charge in [-0.3, -0.25) is 0 Å². The third-order valence-electron chi connectivity index (χ3n) is 0.700. The van der Waals surface area contributed by atoms with E-state index in [1.165, 1.54) is 14.0 Å². The molecule has 0 spiro atoms. The number of nitrogens with zero attached hydrogens (tertiary/aromatic N) is 1. The molecular formula is C4H7NO3. The molecule has 0 bridgehead atoms. The van der Waals surface area contributed by atoms with Crippen LogP contribution >= 0.6 is 0 Å². The molecule has 0 aliphatic carbocycles. The highest BCUT2D eigenvalue weighted by molar-refractivity contribution is 5.75. The Morgan fingerprint density at radius 1 is 1.75 bits per heavy atom. The van der Waals surface area contributed by atoms with E-state index >= 15 is 0 Å². The van der Waals surface area contributed by atoms with Crippen LogP contribution in [-0.2, 0) is 9.53 Å². The van der Waals surface area contributed by atoms with Crippen molar-refractivity contribution in [1.82, 2.24) is 0 Å². The molecule has 4 heteroatoms. The molecule has 0 aromatic heterocycles. The first-order chi connectivity index (χ1) is 3.72. The molecule has 0 aliphatic heterocycles. The van der Waals surface area contributed by atoms with Gasteiger partial charge in [0.15, 0.2) is 6.04 Å². The molecule has 0 aliphatic rings. The van der Waals surface area contributed by atoms with E-state index in [-0.39, 0.29) is 0 Å². The van der Waals surface area contributed by atoms with Crippen molar-refractivity contribution in [1.29, 1.82) is 0 Å². The van der Waals surface area contributed by atoms with Crippen LogP contribution in [0, 0.1) is 4.91 Å². The third kappa shape index (κ3) is 1.68. The van der Waals surface area contributed by atoms with Gasteiger partial charge in [-0.2, -0.15) is 0 Å². The highest BCUT2D eigenvalue weighted by Gasteiger charge is 2.11. The van der Waals surface area contributed by atoms with Crippen molar-refractivity contribution in [2.45, 2.75) is 13.0 Å². The molecule has 0 aromatic carbocycles. The van der Waals surface area contributed by atoms with Crippen LogP contribution in [0.5, 0.6) is 0 Å². The smallest absolute Gasteiger partial charge is 0.333 e. The fourth-order valence-corrected chi connectivity index (χ4v) is 0.214. The van der Waals surface area contributed by atoms with E-state index in [1.807, 2.05) is 0 Å². The summed E-state index contributed by atoms with van der Waals surface area (Å²) in [4.78, 5) is 19.8. The van der Waals surface area contributed by atoms with Crippen molar-refractivity contribution in [3.63, 3.8) is 0 Å². The molecule has 0 saturated heterocycles. The van der Waals surface area contributed by atoms with Gasteiger partial charge in [0, 0.05) is 0 Å². The van der Waals surface area contributed by atoms with Gasteiger partial charge in [-0.1, -0.05) is 5.18 Å². The van der Waals surface area contributed by atoms with Gasteiger partial charge < -0.3 is 4.74 Å². The topological polar surface area (TPSA) is 55.7 Å². The zero-order valence-corrected chi connectivity index (χ0v) is 4.75. The first-order valence-corrected chi connectivity index (χ1v) is 2.12. The normalized spacial score (nSPS) is 12.2. The molecule has 46 valence electrons. The number of ether oxygens (including phenoxy) is 1. The average Bonchev–Trinajstić information content (AvgIpc) is 1.84. The lowest BCUT2D eigenvalue weighted by Gasteiger charge is -1.95. The summed E-state index contributed by atoms with van der Waals surface area (Å²) in [6, 6.07) is -0.875. The van der Waals surface area contributed by atoms with Gasteiger partial charge in [-0.05, 0) is 6.92 Å². The molecule has 0 aromatic rings. The number of rotatable bonds is 2. The lowest BCUT2D eigenvalue weighted by Crippen LogP contribution is -2.14. The molecule has 0 radical (unpaired) electrons. The number of methoxy groups -OCH3 is 1. The van der Waals surface area contributed by atoms with Crippen LogP contribution in [0.2, 0.25) is 0 Å². The molecule has 0 rings (SSSR count). The second-order valence-corrected chi connectivity index (χ2v) is 1.30. The summed E-state index contributed by atoms with van der Waals surface area (Å²) in [5, 5.41) is 2.43. The molecule has 0 amide bonds. The average molecular weight is 117 g/mol. The van der Waals surface area contributed by atoms with E-state index in [0.717, 1.165) is 0 Å². The zero-order chi connectivity index (χ0) is 6.57. The van der Waals surface area contributed by atoms with Crippen molar-refractivity contribution < 1.29 is 9.53 Å². The van der Waals surface area contributed by atoms with Crippen LogP contribution in [0.15, 0.2) is 5.18 Å². The van der Waals surface area contributed by atoms with Crippen LogP contribution in [0.25, 0.3) is 0 Å². The Morgan fingerprint density at radius 3 is 2.38 bits per heavy atom. The van der Waals surface area contributed by atoms with Crippen molar-refractivity contribution in [3.8, 4) is 0 Å². The number of hydrogen-bond acceptors (Lipinski definition) is 4. The van der Waals surface area contributed by atoms with Crippen LogP contribution in [-0.4, -0.2) is 19.1 Å². The first-order valence-electron chi connectivity index (χ1n) is 2.12. The Morgan fingerprint density at radius 2 is 2.25 bits per heavy atom. The lowest BCUT2D eigenvalue weighted by atomic mass is 10.4. The van der Waals surface area contributed by atoms with Crippen molar-refractivity contribution >= 4 is 5.97 Å². The van der Waals surface area contributed by atoms with E-state index in [1.54, 1.807) is 0 Å². The van der Waals surface area contributed by atoms with E-state index in [4.69, 9.17) is 0 Å². The highest BCUT2D eigenvalue weighted by atomic mass is 16.5. The Hall–Kier alpha value is -0.930. The first kappa shape index (κ1) is 7.07. The highest BCUT2D eigenvalue weighted by Crippen LogP contribution is 1.89. The molecule has 1 atom stereocenters. The maximum atomic E-state index is 10.2. The van der Waals surface area contributed by atoms with Gasteiger partial charge in [-0.25, -0.2) is 4.79 Å². The minimum Gasteiger partial charge on any atom is -0.467 e. The van der Waals surface area contributed by atoms with E-state index < -0.39 is 12.0 Å². The number of carbonyl (C=O) groups excluding carboxylic acids is 1. The van der Waals surface area contributed by atoms with Gasteiger partial charge in [0.1, 0.15) is 0 Å². The largest absolute Gasteiger partial charge is 0.467 e. The summed E-state index contributed by atoms with van der Waals surface area (Å²) in [7, 11) is 1.21. The standard InChI is InChI=1S/C4H7NO3/c1-3(5-7)4(6)8-2/h3H,1-2H3/t3-/m1/s1. The number of hydrogen-bond donors (Lipinski definition) is 0. The molecule has 8 heavy (non-hydrogen) atoms. The number of carbonyl (C=O) groups is 1. The summed E-state index contributed by atoms with van der Waals surface area (Å²) in [6.07, 6.45) is 0. The van der Waals surface area contributed by atoms with Crippen molar-refractivity contribution in [3.05, 3.63) is 4.91 Å². The van der Waals surface area contributed by atoms with Crippen LogP contribution in [0.3, 0.4) is 0 Å². The number of nitroso groups, excluding NO2 is 1. The Kier molecular flexibility index (Phi) is 2.76. The Bertz CT molecular complexity index is 101. The predicted octanol–water partition coefficient (Wildman–Crippen LogP) is 0.314. The van der Waals surface area contributed by atoms with Gasteiger partial charge in [0.05, 0.1) is 7.11 Å². The molecule has 0 heterocycles. The summed E-state index contributed by atoms with van der Waals surface area (Å²) in [5.41, 5.74) is 0. The van der Waals surface area contributed by atoms with Gasteiger partial charge in [-0.15, -0.1) is 4.91 Å². The zero-order valence-electron chi connectivity index (χ0n) is 4.75. The molecule has 4 nitrogen and oxygen atoms in total. The fourth-order valence-electron chi connectivity index (χ4n) is 0.214. The third-order valence-corrected chi connectivity index (χ3v) is 0.700. The second-order valence-electron chi connectivity index (χ2n) is 1.30. The molecule has 0 unspecified atom stereocenters. The molecule has 0 fully saturated rings. The Labute approximate surface area is 46.8 Å². The lowest BCUT2D eigenvalue weighted by molar-refractivity contribution is -0.141. The minimum absolute atomic E-state index is 0.597. The minimum atomic E-state index is -0.875. The van der Waals surface area contributed by atoms with Crippen LogP contribution in [0.4, 0.5) is 0 Å².